The first kappa shape index (κ1) is 12.1. The third-order valence-corrected chi connectivity index (χ3v) is 2.70. The lowest BCUT2D eigenvalue weighted by molar-refractivity contribution is 0.461. The molecule has 1 aromatic rings. The van der Waals surface area contributed by atoms with Crippen molar-refractivity contribution in [2.45, 2.75) is 32.6 Å². The van der Waals surface area contributed by atoms with Crippen LogP contribution in [-0.4, -0.2) is 13.1 Å². The molecule has 0 saturated carbocycles. The zero-order chi connectivity index (χ0) is 11.1. The Bertz CT molecular complexity index is 260. The van der Waals surface area contributed by atoms with Crippen LogP contribution in [0.5, 0.6) is 0 Å². The second kappa shape index (κ2) is 6.46. The van der Waals surface area contributed by atoms with Gasteiger partial charge in [0.15, 0.2) is 0 Å². The summed E-state index contributed by atoms with van der Waals surface area (Å²) in [6, 6.07) is 8.27. The molecule has 1 saturated heterocycles. The molecule has 0 bridgehead atoms. The van der Waals surface area contributed by atoms with Gasteiger partial charge in [0, 0.05) is 12.2 Å². The van der Waals surface area contributed by atoms with Crippen molar-refractivity contribution in [2.75, 3.05) is 18.8 Å². The average Bonchev–Trinajstić information content (AvgIpc) is 2.34. The van der Waals surface area contributed by atoms with Gasteiger partial charge in [0.1, 0.15) is 0 Å². The molecule has 1 unspecified atom stereocenters. The lowest BCUT2D eigenvalue weighted by atomic mass is 9.92. The van der Waals surface area contributed by atoms with Crippen molar-refractivity contribution in [3.8, 4) is 0 Å². The number of nitrogens with one attached hydrogen (secondary N) is 1. The second-order valence-electron chi connectivity index (χ2n) is 3.71. The van der Waals surface area contributed by atoms with Crippen molar-refractivity contribution < 1.29 is 0 Å². The SMILES string of the molecule is CC.Nc1ccc(C2CCCNC2)cc1. The van der Waals surface area contributed by atoms with E-state index in [9.17, 15) is 0 Å². The number of nitrogens with two attached hydrogens (primary N) is 1. The number of nitrogen functional groups attached to an aromatic ring is 1. The van der Waals surface area contributed by atoms with Gasteiger partial charge in [-0.3, -0.25) is 0 Å². The fourth-order valence-corrected chi connectivity index (χ4v) is 1.90. The van der Waals surface area contributed by atoms with Gasteiger partial charge in [-0.2, -0.15) is 0 Å². The monoisotopic (exact) mass is 206 g/mol. The van der Waals surface area contributed by atoms with Crippen LogP contribution < -0.4 is 11.1 Å². The molecule has 0 aliphatic carbocycles. The van der Waals surface area contributed by atoms with E-state index in [0.29, 0.717) is 5.92 Å². The molecule has 1 aromatic carbocycles. The van der Waals surface area contributed by atoms with Gasteiger partial charge >= 0.3 is 0 Å². The summed E-state index contributed by atoms with van der Waals surface area (Å²) in [6.45, 7) is 6.29. The molecule has 0 aromatic heterocycles. The van der Waals surface area contributed by atoms with Gasteiger partial charge in [-0.15, -0.1) is 0 Å². The predicted octanol–water partition coefficient (Wildman–Crippen LogP) is 2.76. The topological polar surface area (TPSA) is 38.0 Å². The van der Waals surface area contributed by atoms with Gasteiger partial charge in [-0.05, 0) is 43.0 Å². The van der Waals surface area contributed by atoms with Crippen LogP contribution in [0.4, 0.5) is 5.69 Å². The van der Waals surface area contributed by atoms with Gasteiger partial charge in [-0.25, -0.2) is 0 Å². The van der Waals surface area contributed by atoms with Gasteiger partial charge in [-0.1, -0.05) is 26.0 Å². The first-order valence-corrected chi connectivity index (χ1v) is 5.92. The van der Waals surface area contributed by atoms with Crippen LogP contribution in [0.25, 0.3) is 0 Å². The van der Waals surface area contributed by atoms with Gasteiger partial charge in [0.05, 0.1) is 0 Å². The van der Waals surface area contributed by atoms with E-state index in [1.807, 2.05) is 26.0 Å². The number of hydrogen-bond donors (Lipinski definition) is 2. The van der Waals surface area contributed by atoms with Crippen molar-refractivity contribution in [1.29, 1.82) is 0 Å². The Morgan fingerprint density at radius 3 is 2.40 bits per heavy atom. The Balaban J connectivity index is 0.000000531. The van der Waals surface area contributed by atoms with Gasteiger partial charge < -0.3 is 11.1 Å². The first-order chi connectivity index (χ1) is 7.36. The Hall–Kier alpha value is -1.02. The second-order valence-corrected chi connectivity index (χ2v) is 3.71. The van der Waals surface area contributed by atoms with Crippen molar-refractivity contribution in [1.82, 2.24) is 5.32 Å². The highest BCUT2D eigenvalue weighted by molar-refractivity contribution is 5.40. The van der Waals surface area contributed by atoms with Crippen LogP contribution in [-0.2, 0) is 0 Å². The number of rotatable bonds is 1. The van der Waals surface area contributed by atoms with Crippen molar-refractivity contribution in [3.63, 3.8) is 0 Å². The molecule has 0 radical (unpaired) electrons. The fraction of sp³-hybridized carbons (Fsp3) is 0.538. The molecule has 1 heterocycles. The minimum absolute atomic E-state index is 0.689. The van der Waals surface area contributed by atoms with Crippen LogP contribution >= 0.6 is 0 Å². The Morgan fingerprint density at radius 2 is 1.87 bits per heavy atom. The van der Waals surface area contributed by atoms with Crippen molar-refractivity contribution in [2.24, 2.45) is 0 Å². The maximum Gasteiger partial charge on any atom is 0.0314 e. The summed E-state index contributed by atoms with van der Waals surface area (Å²) in [7, 11) is 0. The third-order valence-electron chi connectivity index (χ3n) is 2.70. The Morgan fingerprint density at radius 1 is 1.20 bits per heavy atom. The molecule has 15 heavy (non-hydrogen) atoms. The smallest absolute Gasteiger partial charge is 0.0314 e. The van der Waals surface area contributed by atoms with Crippen molar-refractivity contribution in [3.05, 3.63) is 29.8 Å². The molecule has 3 N–H and O–H groups in total. The van der Waals surface area contributed by atoms with E-state index in [1.54, 1.807) is 0 Å². The van der Waals surface area contributed by atoms with E-state index in [4.69, 9.17) is 5.73 Å². The minimum atomic E-state index is 0.689. The number of piperidine rings is 1. The molecule has 1 fully saturated rings. The lowest BCUT2D eigenvalue weighted by Gasteiger charge is -2.23. The zero-order valence-electron chi connectivity index (χ0n) is 9.79. The highest BCUT2D eigenvalue weighted by atomic mass is 14.9. The summed E-state index contributed by atoms with van der Waals surface area (Å²) >= 11 is 0. The first-order valence-electron chi connectivity index (χ1n) is 5.92. The molecule has 1 aliphatic rings. The minimum Gasteiger partial charge on any atom is -0.399 e. The third kappa shape index (κ3) is 3.56. The summed E-state index contributed by atoms with van der Waals surface area (Å²) in [5, 5.41) is 3.42. The molecular weight excluding hydrogens is 184 g/mol. The molecular formula is C13H22N2. The predicted molar refractivity (Wildman–Crippen MR) is 67.0 cm³/mol. The summed E-state index contributed by atoms with van der Waals surface area (Å²) in [6.07, 6.45) is 2.59. The maximum absolute atomic E-state index is 5.64. The van der Waals surface area contributed by atoms with E-state index in [2.05, 4.69) is 17.4 Å². The highest BCUT2D eigenvalue weighted by Crippen LogP contribution is 2.23. The van der Waals surface area contributed by atoms with E-state index in [1.165, 1.54) is 24.9 Å². The number of benzene rings is 1. The molecule has 84 valence electrons. The van der Waals surface area contributed by atoms with Gasteiger partial charge in [0.2, 0.25) is 0 Å². The molecule has 0 amide bonds. The van der Waals surface area contributed by atoms with Crippen molar-refractivity contribution >= 4 is 5.69 Å². The van der Waals surface area contributed by atoms with Crippen LogP contribution in [0, 0.1) is 0 Å². The van der Waals surface area contributed by atoms with E-state index < -0.39 is 0 Å². The highest BCUT2D eigenvalue weighted by Gasteiger charge is 2.14. The zero-order valence-corrected chi connectivity index (χ0v) is 9.79. The Kier molecular flexibility index (Phi) is 5.19. The number of hydrogen-bond acceptors (Lipinski definition) is 2. The summed E-state index contributed by atoms with van der Waals surface area (Å²) in [5.41, 5.74) is 7.91. The van der Waals surface area contributed by atoms with E-state index in [0.717, 1.165) is 12.2 Å². The largest absolute Gasteiger partial charge is 0.399 e. The molecule has 1 atom stereocenters. The summed E-state index contributed by atoms with van der Waals surface area (Å²) < 4.78 is 0. The molecule has 0 spiro atoms. The Labute approximate surface area is 92.9 Å². The van der Waals surface area contributed by atoms with Crippen LogP contribution in [0.1, 0.15) is 38.2 Å². The lowest BCUT2D eigenvalue weighted by Crippen LogP contribution is -2.28. The summed E-state index contributed by atoms with van der Waals surface area (Å²) in [4.78, 5) is 0. The fourth-order valence-electron chi connectivity index (χ4n) is 1.90. The molecule has 2 rings (SSSR count). The van der Waals surface area contributed by atoms with Gasteiger partial charge in [0.25, 0.3) is 0 Å². The summed E-state index contributed by atoms with van der Waals surface area (Å²) in [5.74, 6) is 0.689. The van der Waals surface area contributed by atoms with Crippen LogP contribution in [0.2, 0.25) is 0 Å². The molecule has 1 aliphatic heterocycles. The van der Waals surface area contributed by atoms with E-state index in [-0.39, 0.29) is 0 Å². The quantitative estimate of drug-likeness (QED) is 0.693. The van der Waals surface area contributed by atoms with Crippen LogP contribution in [0.15, 0.2) is 24.3 Å². The molecule has 2 nitrogen and oxygen atoms in total. The average molecular weight is 206 g/mol. The number of anilines is 1. The maximum atomic E-state index is 5.64. The standard InChI is InChI=1S/C11H16N2.C2H6/c12-11-5-3-9(4-6-11)10-2-1-7-13-8-10;1-2/h3-6,10,13H,1-2,7-8,12H2;1-2H3. The molecule has 2 heteroatoms. The normalized spacial score (nSPS) is 20.3. The van der Waals surface area contributed by atoms with Crippen LogP contribution in [0.3, 0.4) is 0 Å². The van der Waals surface area contributed by atoms with E-state index >= 15 is 0 Å².